The molecule has 9 nitrogen and oxygen atoms in total. The molecular weight excluding hydrogens is 508 g/mol. The van der Waals surface area contributed by atoms with Gasteiger partial charge in [-0.3, -0.25) is 4.79 Å². The third-order valence-corrected chi connectivity index (χ3v) is 7.74. The summed E-state index contributed by atoms with van der Waals surface area (Å²) in [4.78, 5) is 28.0. The fourth-order valence-electron chi connectivity index (χ4n) is 4.05. The minimum absolute atomic E-state index is 0.0101. The monoisotopic (exact) mass is 536 g/mol. The number of hydrogen-bond donors (Lipinski definition) is 1. The molecule has 0 saturated carbocycles. The van der Waals surface area contributed by atoms with Crippen LogP contribution in [-0.4, -0.2) is 44.5 Å². The summed E-state index contributed by atoms with van der Waals surface area (Å²) in [5.41, 5.74) is 1.19. The Morgan fingerprint density at radius 1 is 0.895 bits per heavy atom. The van der Waals surface area contributed by atoms with Crippen LogP contribution in [0.4, 0.5) is 0 Å². The van der Waals surface area contributed by atoms with Crippen LogP contribution in [0.5, 0.6) is 11.5 Å². The molecule has 38 heavy (non-hydrogen) atoms. The summed E-state index contributed by atoms with van der Waals surface area (Å²) in [7, 11) is -1.13. The van der Waals surface area contributed by atoms with Gasteiger partial charge in [0.1, 0.15) is 0 Å². The highest BCUT2D eigenvalue weighted by atomic mass is 32.2. The Morgan fingerprint density at radius 3 is 2.29 bits per heavy atom. The summed E-state index contributed by atoms with van der Waals surface area (Å²) in [5.74, 6) is 0.315. The van der Waals surface area contributed by atoms with E-state index in [9.17, 15) is 18.0 Å². The largest absolute Gasteiger partial charge is 0.493 e. The third kappa shape index (κ3) is 5.71. The molecule has 10 heteroatoms. The third-order valence-electron chi connectivity index (χ3n) is 5.96. The van der Waals surface area contributed by atoms with E-state index in [1.807, 2.05) is 18.2 Å². The lowest BCUT2D eigenvalue weighted by Crippen LogP contribution is -2.32. The van der Waals surface area contributed by atoms with Crippen molar-refractivity contribution in [3.63, 3.8) is 0 Å². The van der Waals surface area contributed by atoms with Crippen molar-refractivity contribution in [2.24, 2.45) is 0 Å². The highest BCUT2D eigenvalue weighted by Crippen LogP contribution is 2.31. The van der Waals surface area contributed by atoms with Crippen LogP contribution >= 0.6 is 0 Å². The maximum atomic E-state index is 13.9. The summed E-state index contributed by atoms with van der Waals surface area (Å²) >= 11 is 0. The molecule has 1 aromatic heterocycles. The molecule has 0 spiro atoms. The van der Waals surface area contributed by atoms with Crippen LogP contribution in [0.2, 0.25) is 0 Å². The molecule has 0 fully saturated rings. The Labute approximate surface area is 220 Å². The number of carbonyl (C=O) groups is 1. The van der Waals surface area contributed by atoms with Gasteiger partial charge in [0.05, 0.1) is 36.8 Å². The molecule has 0 radical (unpaired) electrons. The zero-order valence-electron chi connectivity index (χ0n) is 21.3. The highest BCUT2D eigenvalue weighted by Gasteiger charge is 2.27. The van der Waals surface area contributed by atoms with Crippen molar-refractivity contribution in [2.45, 2.75) is 24.9 Å². The van der Waals surface area contributed by atoms with Gasteiger partial charge in [0.2, 0.25) is 10.0 Å². The molecule has 1 heterocycles. The normalized spacial score (nSPS) is 11.5. The molecule has 0 bridgehead atoms. The molecule has 4 rings (SSSR count). The lowest BCUT2D eigenvalue weighted by atomic mass is 10.1. The number of carbonyl (C=O) groups excluding carboxylic acids is 1. The first-order chi connectivity index (χ1) is 18.3. The summed E-state index contributed by atoms with van der Waals surface area (Å²) in [6.07, 6.45) is 0. The number of aromatic nitrogens is 1. The van der Waals surface area contributed by atoms with Crippen LogP contribution in [0.3, 0.4) is 0 Å². The van der Waals surface area contributed by atoms with Gasteiger partial charge < -0.3 is 19.2 Å². The van der Waals surface area contributed by atoms with Gasteiger partial charge in [-0.2, -0.15) is 4.31 Å². The predicted octanol–water partition coefficient (Wildman–Crippen LogP) is 4.11. The van der Waals surface area contributed by atoms with E-state index in [4.69, 9.17) is 14.2 Å². The molecule has 0 saturated heterocycles. The lowest BCUT2D eigenvalue weighted by molar-refractivity contribution is 0.0526. The maximum absolute atomic E-state index is 13.9. The molecule has 198 valence electrons. The highest BCUT2D eigenvalue weighted by molar-refractivity contribution is 7.89. The lowest BCUT2D eigenvalue weighted by Gasteiger charge is -2.23. The van der Waals surface area contributed by atoms with Crippen LogP contribution in [0.1, 0.15) is 28.4 Å². The number of ether oxygens (including phenoxy) is 3. The summed E-state index contributed by atoms with van der Waals surface area (Å²) < 4.78 is 44.6. The van der Waals surface area contributed by atoms with Crippen LogP contribution in [0.25, 0.3) is 10.9 Å². The van der Waals surface area contributed by atoms with E-state index in [1.54, 1.807) is 37.3 Å². The van der Waals surface area contributed by atoms with Crippen LogP contribution in [-0.2, 0) is 27.8 Å². The Hall–Kier alpha value is -4.15. The number of pyridine rings is 1. The molecule has 0 aliphatic rings. The first-order valence-electron chi connectivity index (χ1n) is 11.9. The first-order valence-corrected chi connectivity index (χ1v) is 13.3. The molecule has 4 aromatic rings. The molecule has 0 aliphatic heterocycles. The average molecular weight is 537 g/mol. The quantitative estimate of drug-likeness (QED) is 0.303. The van der Waals surface area contributed by atoms with E-state index >= 15 is 0 Å². The molecule has 0 unspecified atom stereocenters. The van der Waals surface area contributed by atoms with Gasteiger partial charge in [-0.15, -0.1) is 0 Å². The number of methoxy groups -OCH3 is 2. The number of aromatic amines is 1. The SMILES string of the molecule is CCOC(=O)c1cccc(S(=O)(=O)N(Cc2ccccc2)Cc2cc3cc(OC)c(OC)cc3[nH]c2=O)c1. The summed E-state index contributed by atoms with van der Waals surface area (Å²) in [5, 5.41) is 0.651. The smallest absolute Gasteiger partial charge is 0.338 e. The second kappa shape index (κ2) is 11.5. The van der Waals surface area contributed by atoms with Gasteiger partial charge >= 0.3 is 5.97 Å². The fraction of sp³-hybridized carbons (Fsp3) is 0.214. The van der Waals surface area contributed by atoms with E-state index in [1.165, 1.54) is 42.8 Å². The van der Waals surface area contributed by atoms with E-state index in [2.05, 4.69) is 4.98 Å². The Morgan fingerprint density at radius 2 is 1.61 bits per heavy atom. The van der Waals surface area contributed by atoms with Crippen LogP contribution in [0, 0.1) is 0 Å². The van der Waals surface area contributed by atoms with Crippen LogP contribution < -0.4 is 15.0 Å². The van der Waals surface area contributed by atoms with Crippen molar-refractivity contribution in [1.29, 1.82) is 0 Å². The average Bonchev–Trinajstić information content (AvgIpc) is 2.93. The van der Waals surface area contributed by atoms with Gasteiger partial charge in [0.25, 0.3) is 5.56 Å². The number of fused-ring (bicyclic) bond motifs is 1. The number of nitrogens with zero attached hydrogens (tertiary/aromatic N) is 1. The Kier molecular flexibility index (Phi) is 8.13. The number of H-pyrrole nitrogens is 1. The van der Waals surface area contributed by atoms with Crippen molar-refractivity contribution in [2.75, 3.05) is 20.8 Å². The second-order valence-electron chi connectivity index (χ2n) is 8.43. The number of sulfonamides is 1. The van der Waals surface area contributed by atoms with Crippen molar-refractivity contribution < 1.29 is 27.4 Å². The fourth-order valence-corrected chi connectivity index (χ4v) is 5.50. The zero-order valence-corrected chi connectivity index (χ0v) is 22.1. The first kappa shape index (κ1) is 26.9. The number of benzene rings is 3. The van der Waals surface area contributed by atoms with Crippen LogP contribution in [0.15, 0.2) is 82.5 Å². The van der Waals surface area contributed by atoms with E-state index in [0.717, 1.165) is 5.56 Å². The minimum atomic E-state index is -4.13. The van der Waals surface area contributed by atoms with E-state index in [0.29, 0.717) is 22.4 Å². The van der Waals surface area contributed by atoms with Crippen molar-refractivity contribution >= 4 is 26.9 Å². The van der Waals surface area contributed by atoms with E-state index in [-0.39, 0.29) is 35.7 Å². The number of hydrogen-bond acceptors (Lipinski definition) is 7. The number of esters is 1. The second-order valence-corrected chi connectivity index (χ2v) is 10.4. The molecule has 0 amide bonds. The minimum Gasteiger partial charge on any atom is -0.493 e. The van der Waals surface area contributed by atoms with Crippen molar-refractivity contribution in [1.82, 2.24) is 9.29 Å². The molecule has 1 N–H and O–H groups in total. The molecule has 3 aromatic carbocycles. The van der Waals surface area contributed by atoms with Gasteiger partial charge in [-0.05, 0) is 42.8 Å². The van der Waals surface area contributed by atoms with Gasteiger partial charge in [-0.25, -0.2) is 13.2 Å². The predicted molar refractivity (Wildman–Crippen MR) is 143 cm³/mol. The van der Waals surface area contributed by atoms with E-state index < -0.39 is 21.6 Å². The zero-order chi connectivity index (χ0) is 27.3. The molecule has 0 aliphatic carbocycles. The van der Waals surface area contributed by atoms with Gasteiger partial charge in [0, 0.05) is 30.1 Å². The van der Waals surface area contributed by atoms with Crippen molar-refractivity contribution in [3.05, 3.63) is 99.8 Å². The summed E-state index contributed by atoms with van der Waals surface area (Å²) in [6, 6.07) is 19.7. The molecule has 0 atom stereocenters. The Bertz CT molecular complexity index is 1620. The number of nitrogens with one attached hydrogen (secondary N) is 1. The standard InChI is InChI=1S/C28H28N2O7S/c1-4-37-28(32)20-11-8-12-23(14-20)38(33,34)30(17-19-9-6-5-7-10-19)18-22-13-21-15-25(35-2)26(36-3)16-24(21)29-27(22)31/h5-16H,4,17-18H2,1-3H3,(H,29,31). The maximum Gasteiger partial charge on any atom is 0.338 e. The molecular formula is C28H28N2O7S. The number of rotatable bonds is 10. The van der Waals surface area contributed by atoms with Crippen molar-refractivity contribution in [3.8, 4) is 11.5 Å². The van der Waals surface area contributed by atoms with Gasteiger partial charge in [0.15, 0.2) is 11.5 Å². The topological polar surface area (TPSA) is 115 Å². The Balaban J connectivity index is 1.78. The van der Waals surface area contributed by atoms with Gasteiger partial charge in [-0.1, -0.05) is 36.4 Å². The summed E-state index contributed by atoms with van der Waals surface area (Å²) in [6.45, 7) is 1.64.